The maximum absolute atomic E-state index is 13.9. The number of likely N-dealkylation sites (tertiary alicyclic amines) is 1. The number of imide groups is 2. The van der Waals surface area contributed by atoms with Gasteiger partial charge in [-0.1, -0.05) is 6.07 Å². The number of piperidine rings is 4. The van der Waals surface area contributed by atoms with Gasteiger partial charge >= 0.3 is 0 Å². The molecule has 0 radical (unpaired) electrons. The molecule has 17 nitrogen and oxygen atoms in total. The van der Waals surface area contributed by atoms with E-state index in [0.29, 0.717) is 86.1 Å². The molecule has 7 aliphatic rings. The number of hydrogen-bond donors (Lipinski definition) is 3. The molecule has 3 N–H and O–H groups in total. The highest BCUT2D eigenvalue weighted by Gasteiger charge is 2.51. The van der Waals surface area contributed by atoms with Crippen molar-refractivity contribution in [3.05, 3.63) is 58.0 Å². The molecule has 0 bridgehead atoms. The molecular weight excluding hydrogens is 815 g/mol. The van der Waals surface area contributed by atoms with Crippen molar-refractivity contribution in [2.75, 3.05) is 49.5 Å². The summed E-state index contributed by atoms with van der Waals surface area (Å²) in [6.07, 6.45) is 10.5. The number of rotatable bonds is 8. The summed E-state index contributed by atoms with van der Waals surface area (Å²) < 4.78 is 31.1. The normalized spacial score (nSPS) is 28.2. The Kier molecular flexibility index (Phi) is 10.3. The highest BCUT2D eigenvalue weighted by atomic mass is 32.2. The van der Waals surface area contributed by atoms with Gasteiger partial charge in [0.25, 0.3) is 17.4 Å². The second kappa shape index (κ2) is 15.5. The number of anilines is 2. The second-order valence-corrected chi connectivity index (χ2v) is 21.3. The standard InChI is InChI=1S/C44H55N9O8S/c1-43(59)15-3-6-34(43)53-36(55)10-7-27-26-45-42(48-38(27)53)46-28-11-20-51(21-12-28)62(60,61)30-13-18-49(19-14-30)29-24-44(25-29)16-22-50(23-17-44)32-5-2-4-31-37(32)41(58)52(40(31)57)33-8-9-35(54)47-39(33)56/h2,4-5,7,10,26,28-30,33-34,59H,3,6,8-9,11-25H2,1H3,(H,45,46,48)(H,47,54,56)/t33?,34-,43-/m1/s1. The Balaban J connectivity index is 0.699. The number of carbonyl (C=O) groups excluding carboxylic acids is 4. The van der Waals surface area contributed by atoms with Gasteiger partial charge in [0.2, 0.25) is 27.8 Å². The van der Waals surface area contributed by atoms with Crippen LogP contribution in [0.25, 0.3) is 11.0 Å². The lowest BCUT2D eigenvalue weighted by Crippen LogP contribution is -2.57. The van der Waals surface area contributed by atoms with Crippen LogP contribution in [0.3, 0.4) is 0 Å². The van der Waals surface area contributed by atoms with Gasteiger partial charge in [0.1, 0.15) is 11.7 Å². The second-order valence-electron chi connectivity index (χ2n) is 19.1. The predicted molar refractivity (Wildman–Crippen MR) is 229 cm³/mol. The summed E-state index contributed by atoms with van der Waals surface area (Å²) in [5.74, 6) is -1.61. The van der Waals surface area contributed by atoms with E-state index >= 15 is 0 Å². The number of sulfonamides is 1. The smallest absolute Gasteiger partial charge is 0.264 e. The van der Waals surface area contributed by atoms with Crippen molar-refractivity contribution >= 4 is 56.3 Å². The molecule has 7 heterocycles. The number of nitrogens with zero attached hydrogens (tertiary/aromatic N) is 7. The van der Waals surface area contributed by atoms with Crippen LogP contribution in [0.2, 0.25) is 0 Å². The van der Waals surface area contributed by atoms with E-state index in [-0.39, 0.29) is 35.9 Å². The molecule has 2 aromatic heterocycles. The Labute approximate surface area is 360 Å². The summed E-state index contributed by atoms with van der Waals surface area (Å²) in [4.78, 5) is 79.4. The summed E-state index contributed by atoms with van der Waals surface area (Å²) >= 11 is 0. The van der Waals surface area contributed by atoms with E-state index in [1.807, 2.05) is 6.07 Å². The van der Waals surface area contributed by atoms with Crippen LogP contribution in [0.1, 0.15) is 117 Å². The van der Waals surface area contributed by atoms with Crippen molar-refractivity contribution in [3.63, 3.8) is 0 Å². The average molecular weight is 870 g/mol. The molecule has 4 saturated heterocycles. The van der Waals surface area contributed by atoms with Crippen molar-refractivity contribution in [2.45, 2.75) is 125 Å². The van der Waals surface area contributed by atoms with Gasteiger partial charge in [-0.2, -0.15) is 4.98 Å². The minimum atomic E-state index is -3.47. The van der Waals surface area contributed by atoms with E-state index in [1.54, 1.807) is 40.2 Å². The quantitative estimate of drug-likeness (QED) is 0.279. The number of pyridine rings is 1. The van der Waals surface area contributed by atoms with Gasteiger partial charge in [0.05, 0.1) is 33.7 Å². The number of benzene rings is 1. The highest BCUT2D eigenvalue weighted by Crippen LogP contribution is 2.52. The van der Waals surface area contributed by atoms with Crippen LogP contribution < -0.4 is 21.1 Å². The number of hydrogen-bond acceptors (Lipinski definition) is 13. The molecule has 1 unspecified atom stereocenters. The lowest BCUT2D eigenvalue weighted by atomic mass is 9.59. The van der Waals surface area contributed by atoms with E-state index in [4.69, 9.17) is 4.98 Å². The summed E-state index contributed by atoms with van der Waals surface area (Å²) in [6, 6.07) is 7.54. The van der Waals surface area contributed by atoms with E-state index in [1.165, 1.54) is 6.07 Å². The zero-order chi connectivity index (χ0) is 43.1. The molecule has 330 valence electrons. The molecule has 2 aliphatic carbocycles. The SMILES string of the molecule is C[C@@]1(O)CCC[C@H]1n1c(=O)ccc2cnc(NC3CCN(S(=O)(=O)C4CCN(C5CC6(CCN(c7cccc8c7C(=O)N(C7CCC(=O)NC7=O)C8=O)CC6)C5)CC4)CC3)nc21. The Morgan fingerprint density at radius 3 is 2.29 bits per heavy atom. The Morgan fingerprint density at radius 2 is 1.60 bits per heavy atom. The third-order valence-electron chi connectivity index (χ3n) is 15.4. The molecule has 18 heteroatoms. The maximum atomic E-state index is 13.9. The predicted octanol–water partition coefficient (Wildman–Crippen LogP) is 2.79. The van der Waals surface area contributed by atoms with Gasteiger partial charge in [0, 0.05) is 62.3 Å². The molecule has 6 fully saturated rings. The number of fused-ring (bicyclic) bond motifs is 2. The minimum Gasteiger partial charge on any atom is -0.388 e. The molecule has 62 heavy (non-hydrogen) atoms. The van der Waals surface area contributed by atoms with Crippen molar-refractivity contribution in [1.82, 2.24) is 34.0 Å². The number of aromatic nitrogens is 3. The van der Waals surface area contributed by atoms with Crippen LogP contribution in [-0.4, -0.2) is 134 Å². The average Bonchev–Trinajstić information content (AvgIpc) is 3.73. The Bertz CT molecular complexity index is 2500. The molecule has 5 aliphatic heterocycles. The van der Waals surface area contributed by atoms with Crippen LogP contribution in [-0.2, 0) is 19.6 Å². The van der Waals surface area contributed by atoms with Gasteiger partial charge < -0.3 is 20.2 Å². The van der Waals surface area contributed by atoms with E-state index < -0.39 is 50.5 Å². The van der Waals surface area contributed by atoms with E-state index in [0.717, 1.165) is 68.6 Å². The molecule has 3 atom stereocenters. The van der Waals surface area contributed by atoms with Gasteiger partial charge in [-0.3, -0.25) is 38.8 Å². The van der Waals surface area contributed by atoms with Crippen LogP contribution >= 0.6 is 0 Å². The molecule has 3 aromatic rings. The van der Waals surface area contributed by atoms with Crippen molar-refractivity contribution in [2.24, 2.45) is 5.41 Å². The summed E-state index contributed by atoms with van der Waals surface area (Å²) in [7, 11) is -3.47. The fraction of sp³-hybridized carbons (Fsp3) is 0.614. The van der Waals surface area contributed by atoms with Gasteiger partial charge in [0.15, 0.2) is 0 Å². The first-order chi connectivity index (χ1) is 29.7. The highest BCUT2D eigenvalue weighted by molar-refractivity contribution is 7.89. The molecule has 10 rings (SSSR count). The fourth-order valence-corrected chi connectivity index (χ4v) is 13.7. The Morgan fingerprint density at radius 1 is 0.855 bits per heavy atom. The number of nitrogens with one attached hydrogen (secondary N) is 2. The number of amides is 4. The minimum absolute atomic E-state index is 0.0208. The molecule has 1 spiro atoms. The zero-order valence-electron chi connectivity index (χ0n) is 35.1. The summed E-state index contributed by atoms with van der Waals surface area (Å²) in [6.45, 7) is 5.61. The monoisotopic (exact) mass is 869 g/mol. The first kappa shape index (κ1) is 41.2. The Hall–Kier alpha value is -4.78. The maximum Gasteiger partial charge on any atom is 0.264 e. The lowest BCUT2D eigenvalue weighted by Gasteiger charge is -2.56. The largest absolute Gasteiger partial charge is 0.388 e. The third-order valence-corrected chi connectivity index (χ3v) is 17.8. The number of aliphatic hydroxyl groups is 1. The van der Waals surface area contributed by atoms with Crippen LogP contribution in [0.4, 0.5) is 11.6 Å². The summed E-state index contributed by atoms with van der Waals surface area (Å²) in [5.41, 5.74) is 0.837. The van der Waals surface area contributed by atoms with Crippen molar-refractivity contribution in [1.29, 1.82) is 0 Å². The van der Waals surface area contributed by atoms with Crippen LogP contribution in [0.5, 0.6) is 0 Å². The molecule has 1 aromatic carbocycles. The zero-order valence-corrected chi connectivity index (χ0v) is 35.9. The third kappa shape index (κ3) is 7.10. The van der Waals surface area contributed by atoms with E-state index in [2.05, 4.69) is 25.4 Å². The van der Waals surface area contributed by atoms with Gasteiger partial charge in [-0.05, 0) is 121 Å². The van der Waals surface area contributed by atoms with Crippen LogP contribution in [0, 0.1) is 5.41 Å². The van der Waals surface area contributed by atoms with Crippen molar-refractivity contribution < 1.29 is 32.7 Å². The summed E-state index contributed by atoms with van der Waals surface area (Å²) in [5, 5.41) is 17.0. The van der Waals surface area contributed by atoms with Crippen LogP contribution in [0.15, 0.2) is 41.3 Å². The molecule has 4 amide bonds. The van der Waals surface area contributed by atoms with Crippen molar-refractivity contribution in [3.8, 4) is 0 Å². The molecule has 2 saturated carbocycles. The lowest BCUT2D eigenvalue weighted by molar-refractivity contribution is -0.136. The van der Waals surface area contributed by atoms with Gasteiger partial charge in [-0.15, -0.1) is 0 Å². The first-order valence-corrected chi connectivity index (χ1v) is 23.9. The topological polar surface area (TPSA) is 207 Å². The molecular formula is C44H55N9O8S. The first-order valence-electron chi connectivity index (χ1n) is 22.4. The fourth-order valence-electron chi connectivity index (χ4n) is 11.7. The van der Waals surface area contributed by atoms with E-state index in [9.17, 15) is 37.5 Å². The number of carbonyl (C=O) groups is 4. The van der Waals surface area contributed by atoms with Gasteiger partial charge in [-0.25, -0.2) is 17.7 Å².